The fraction of sp³-hybridized carbons (Fsp3) is 0.500. The predicted molar refractivity (Wildman–Crippen MR) is 70.8 cm³/mol. The molecule has 0 aliphatic carbocycles. The van der Waals surface area contributed by atoms with E-state index in [0.29, 0.717) is 0 Å². The third-order valence-electron chi connectivity index (χ3n) is 3.58. The molecule has 1 amide bonds. The summed E-state index contributed by atoms with van der Waals surface area (Å²) in [6.07, 6.45) is 0. The minimum Gasteiger partial charge on any atom is -0.283 e. The molecule has 1 aromatic rings. The van der Waals surface area contributed by atoms with Crippen molar-refractivity contribution in [2.45, 2.75) is 40.5 Å². The molecule has 0 heterocycles. The molecule has 3 nitrogen and oxygen atoms in total. The lowest BCUT2D eigenvalue weighted by atomic mass is 9.86. The van der Waals surface area contributed by atoms with Crippen LogP contribution in [0.15, 0.2) is 6.07 Å². The zero-order chi connectivity index (χ0) is 13.3. The average Bonchev–Trinajstić information content (AvgIpc) is 2.25. The number of benzene rings is 1. The topological polar surface area (TPSA) is 46.3 Å². The molecule has 0 aromatic heterocycles. The van der Waals surface area contributed by atoms with Gasteiger partial charge in [-0.3, -0.25) is 9.80 Å². The number of carbonyl (C=O) groups excluding carboxylic acids is 1. The maximum absolute atomic E-state index is 12.0. The van der Waals surface area contributed by atoms with E-state index in [1.165, 1.54) is 27.3 Å². The lowest BCUT2D eigenvalue weighted by Gasteiger charge is -2.22. The van der Waals surface area contributed by atoms with Crippen molar-refractivity contribution in [3.8, 4) is 0 Å². The quantitative estimate of drug-likeness (QED) is 0.485. The van der Waals surface area contributed by atoms with E-state index in [4.69, 9.17) is 5.84 Å². The highest BCUT2D eigenvalue weighted by Crippen LogP contribution is 2.29. The van der Waals surface area contributed by atoms with E-state index >= 15 is 0 Å². The van der Waals surface area contributed by atoms with Crippen LogP contribution in [0.1, 0.15) is 40.7 Å². The van der Waals surface area contributed by atoms with E-state index in [-0.39, 0.29) is 11.8 Å². The molecule has 0 saturated carbocycles. The lowest BCUT2D eigenvalue weighted by Crippen LogP contribution is -2.36. The van der Waals surface area contributed by atoms with E-state index in [0.717, 1.165) is 5.56 Å². The van der Waals surface area contributed by atoms with E-state index in [1.807, 2.05) is 6.92 Å². The predicted octanol–water partition coefficient (Wildman–Crippen LogP) is 2.36. The van der Waals surface area contributed by atoms with Gasteiger partial charge in [0.05, 0.1) is 5.92 Å². The summed E-state index contributed by atoms with van der Waals surface area (Å²) in [5.41, 5.74) is 5.95. The Labute approximate surface area is 104 Å². The first-order valence-electron chi connectivity index (χ1n) is 5.87. The highest BCUT2D eigenvalue weighted by molar-refractivity contribution is 5.83. The van der Waals surface area contributed by atoms with Gasteiger partial charge in [0.25, 0.3) is 0 Å². The van der Waals surface area contributed by atoms with Crippen molar-refractivity contribution in [1.29, 1.82) is 0 Å². The molecular weight excluding hydrogens is 212 g/mol. The number of likely N-dealkylation sites (N-methyl/N-ethyl adjacent to an activating group) is 1. The molecule has 1 atom stereocenters. The Morgan fingerprint density at radius 3 is 1.94 bits per heavy atom. The Hall–Kier alpha value is -1.35. The standard InChI is InChI=1S/C14H22N2O/c1-8-7-9(2)11(4)13(10(8)3)12(5)14(17)16(6)15/h7,12H,15H2,1-6H3. The Morgan fingerprint density at radius 2 is 1.59 bits per heavy atom. The van der Waals surface area contributed by atoms with Gasteiger partial charge < -0.3 is 0 Å². The summed E-state index contributed by atoms with van der Waals surface area (Å²) in [6, 6.07) is 2.16. The third kappa shape index (κ3) is 2.50. The Bertz CT molecular complexity index is 424. The molecule has 3 heteroatoms. The Balaban J connectivity index is 3.35. The summed E-state index contributed by atoms with van der Waals surface area (Å²) >= 11 is 0. The average molecular weight is 234 g/mol. The zero-order valence-corrected chi connectivity index (χ0v) is 11.6. The zero-order valence-electron chi connectivity index (χ0n) is 11.6. The fourth-order valence-electron chi connectivity index (χ4n) is 2.33. The highest BCUT2D eigenvalue weighted by atomic mass is 16.2. The molecule has 1 aromatic carbocycles. The molecule has 0 radical (unpaired) electrons. The number of nitrogens with zero attached hydrogens (tertiary/aromatic N) is 1. The first-order chi connectivity index (χ1) is 7.77. The summed E-state index contributed by atoms with van der Waals surface area (Å²) in [6.45, 7) is 10.2. The van der Waals surface area contributed by atoms with E-state index in [1.54, 1.807) is 7.05 Å². The fourth-order valence-corrected chi connectivity index (χ4v) is 2.33. The number of hydrazine groups is 1. The number of carbonyl (C=O) groups is 1. The number of nitrogens with two attached hydrogens (primary N) is 1. The van der Waals surface area contributed by atoms with Crippen LogP contribution in [0.5, 0.6) is 0 Å². The first kappa shape index (κ1) is 13.7. The first-order valence-corrected chi connectivity index (χ1v) is 5.87. The van der Waals surface area contributed by atoms with Crippen molar-refractivity contribution >= 4 is 5.91 Å². The van der Waals surface area contributed by atoms with Crippen LogP contribution in [0.4, 0.5) is 0 Å². The Morgan fingerprint density at radius 1 is 1.18 bits per heavy atom. The summed E-state index contributed by atoms with van der Waals surface area (Å²) in [5, 5.41) is 1.17. The van der Waals surface area contributed by atoms with Gasteiger partial charge in [-0.2, -0.15) is 0 Å². The van der Waals surface area contributed by atoms with Gasteiger partial charge >= 0.3 is 0 Å². The van der Waals surface area contributed by atoms with Crippen LogP contribution in [0, 0.1) is 27.7 Å². The second-order valence-corrected chi connectivity index (χ2v) is 4.84. The molecule has 0 fully saturated rings. The third-order valence-corrected chi connectivity index (χ3v) is 3.58. The maximum atomic E-state index is 12.0. The van der Waals surface area contributed by atoms with Crippen LogP contribution in [-0.4, -0.2) is 18.0 Å². The summed E-state index contributed by atoms with van der Waals surface area (Å²) in [7, 11) is 1.59. The summed E-state index contributed by atoms with van der Waals surface area (Å²) < 4.78 is 0. The van der Waals surface area contributed by atoms with Crippen molar-refractivity contribution in [3.63, 3.8) is 0 Å². The van der Waals surface area contributed by atoms with Gasteiger partial charge in [0.2, 0.25) is 5.91 Å². The van der Waals surface area contributed by atoms with Crippen LogP contribution in [0.25, 0.3) is 0 Å². The minimum atomic E-state index is -0.191. The molecule has 1 unspecified atom stereocenters. The van der Waals surface area contributed by atoms with Crippen molar-refractivity contribution in [3.05, 3.63) is 33.9 Å². The number of hydrogen-bond donors (Lipinski definition) is 1. The second kappa shape index (κ2) is 4.88. The van der Waals surface area contributed by atoms with Crippen molar-refractivity contribution < 1.29 is 4.79 Å². The Kier molecular flexibility index (Phi) is 3.94. The number of hydrogen-bond acceptors (Lipinski definition) is 2. The van der Waals surface area contributed by atoms with Gasteiger partial charge in [0.15, 0.2) is 0 Å². The maximum Gasteiger partial charge on any atom is 0.243 e. The highest BCUT2D eigenvalue weighted by Gasteiger charge is 2.22. The monoisotopic (exact) mass is 234 g/mol. The normalized spacial score (nSPS) is 12.4. The number of rotatable bonds is 2. The molecule has 94 valence electrons. The largest absolute Gasteiger partial charge is 0.283 e. The van der Waals surface area contributed by atoms with Crippen LogP contribution in [-0.2, 0) is 4.79 Å². The van der Waals surface area contributed by atoms with Gasteiger partial charge in [0, 0.05) is 7.05 Å². The number of amides is 1. The molecule has 17 heavy (non-hydrogen) atoms. The van der Waals surface area contributed by atoms with Gasteiger partial charge in [-0.15, -0.1) is 0 Å². The molecule has 0 saturated heterocycles. The van der Waals surface area contributed by atoms with Crippen LogP contribution >= 0.6 is 0 Å². The van der Waals surface area contributed by atoms with Crippen molar-refractivity contribution in [1.82, 2.24) is 5.01 Å². The molecule has 0 spiro atoms. The van der Waals surface area contributed by atoms with Crippen molar-refractivity contribution in [2.75, 3.05) is 7.05 Å². The molecule has 1 rings (SSSR count). The number of aryl methyl sites for hydroxylation is 2. The van der Waals surface area contributed by atoms with Gasteiger partial charge in [-0.05, 0) is 62.4 Å². The van der Waals surface area contributed by atoms with Crippen LogP contribution < -0.4 is 5.84 Å². The second-order valence-electron chi connectivity index (χ2n) is 4.84. The van der Waals surface area contributed by atoms with Gasteiger partial charge in [0.1, 0.15) is 0 Å². The molecular formula is C14H22N2O. The molecule has 0 aliphatic heterocycles. The van der Waals surface area contributed by atoms with Gasteiger partial charge in [-0.1, -0.05) is 6.07 Å². The van der Waals surface area contributed by atoms with Gasteiger partial charge in [-0.25, -0.2) is 5.84 Å². The molecule has 0 aliphatic rings. The SMILES string of the molecule is Cc1cc(C)c(C)c(C(C)C(=O)N(C)N)c1C. The molecule has 0 bridgehead atoms. The van der Waals surface area contributed by atoms with Crippen LogP contribution in [0.2, 0.25) is 0 Å². The minimum absolute atomic E-state index is 0.0544. The van der Waals surface area contributed by atoms with Crippen molar-refractivity contribution in [2.24, 2.45) is 5.84 Å². The van der Waals surface area contributed by atoms with E-state index < -0.39 is 0 Å². The summed E-state index contributed by atoms with van der Waals surface area (Å²) in [4.78, 5) is 12.0. The van der Waals surface area contributed by atoms with E-state index in [2.05, 4.69) is 33.8 Å². The summed E-state index contributed by atoms with van der Waals surface area (Å²) in [5.74, 6) is 5.29. The lowest BCUT2D eigenvalue weighted by molar-refractivity contribution is -0.131. The van der Waals surface area contributed by atoms with Crippen LogP contribution in [0.3, 0.4) is 0 Å². The molecule has 2 N–H and O–H groups in total. The smallest absolute Gasteiger partial charge is 0.243 e. The van der Waals surface area contributed by atoms with E-state index in [9.17, 15) is 4.79 Å².